The fourth-order valence-electron chi connectivity index (χ4n) is 5.72. The molecule has 0 unspecified atom stereocenters. The maximum absolute atomic E-state index is 13.0. The zero-order chi connectivity index (χ0) is 18.8. The van der Waals surface area contributed by atoms with Crippen molar-refractivity contribution in [1.82, 2.24) is 16.0 Å². The Morgan fingerprint density at radius 1 is 0.444 bits per heavy atom. The molecule has 1 heterocycles. The van der Waals surface area contributed by atoms with Crippen molar-refractivity contribution in [2.24, 2.45) is 17.8 Å². The first kappa shape index (κ1) is 18.8. The molecule has 150 valence electrons. The predicted molar refractivity (Wildman–Crippen MR) is 102 cm³/mol. The zero-order valence-electron chi connectivity index (χ0n) is 16.2. The Balaban J connectivity index is 1.62. The van der Waals surface area contributed by atoms with Crippen molar-refractivity contribution in [2.45, 2.75) is 95.2 Å². The normalized spacial score (nSPS) is 40.7. The number of nitrogens with one attached hydrogen (secondary N) is 3. The largest absolute Gasteiger partial charge is 0.352 e. The molecule has 0 aromatic heterocycles. The number of hydrogen-bond donors (Lipinski definition) is 3. The van der Waals surface area contributed by atoms with Gasteiger partial charge >= 0.3 is 0 Å². The van der Waals surface area contributed by atoms with E-state index in [0.29, 0.717) is 0 Å². The minimum Gasteiger partial charge on any atom is -0.352 e. The highest BCUT2D eigenvalue weighted by Gasteiger charge is 2.41. The summed E-state index contributed by atoms with van der Waals surface area (Å²) in [6.07, 6.45) is 11.4. The molecule has 0 spiro atoms. The molecule has 0 aromatic carbocycles. The monoisotopic (exact) mass is 375 g/mol. The van der Waals surface area contributed by atoms with Crippen molar-refractivity contribution >= 4 is 17.7 Å². The van der Waals surface area contributed by atoms with Gasteiger partial charge in [-0.1, -0.05) is 38.5 Å². The van der Waals surface area contributed by atoms with E-state index in [4.69, 9.17) is 0 Å². The summed E-state index contributed by atoms with van der Waals surface area (Å²) in [5.41, 5.74) is 0. The Morgan fingerprint density at radius 3 is 1.00 bits per heavy atom. The maximum atomic E-state index is 13.0. The topological polar surface area (TPSA) is 87.3 Å². The van der Waals surface area contributed by atoms with E-state index in [1.165, 1.54) is 0 Å². The van der Waals surface area contributed by atoms with Gasteiger partial charge < -0.3 is 16.0 Å². The summed E-state index contributed by atoms with van der Waals surface area (Å²) in [4.78, 5) is 39.1. The molecule has 4 rings (SSSR count). The first-order chi connectivity index (χ1) is 13.1. The smallest absolute Gasteiger partial charge is 0.225 e. The van der Waals surface area contributed by atoms with Crippen molar-refractivity contribution < 1.29 is 14.4 Å². The molecule has 6 atom stereocenters. The Labute approximate surface area is 161 Å². The van der Waals surface area contributed by atoms with Crippen LogP contribution in [0.3, 0.4) is 0 Å². The summed E-state index contributed by atoms with van der Waals surface area (Å²) in [5.74, 6) is -0.374. The van der Waals surface area contributed by atoms with Gasteiger partial charge in [-0.2, -0.15) is 0 Å². The van der Waals surface area contributed by atoms with Gasteiger partial charge in [0, 0.05) is 18.1 Å². The van der Waals surface area contributed by atoms with Crippen LogP contribution in [0.2, 0.25) is 0 Å². The van der Waals surface area contributed by atoms with Gasteiger partial charge in [0.1, 0.15) is 0 Å². The van der Waals surface area contributed by atoms with E-state index in [9.17, 15) is 14.4 Å². The number of carbonyl (C=O) groups is 3. The molecule has 27 heavy (non-hydrogen) atoms. The van der Waals surface area contributed by atoms with Crippen LogP contribution >= 0.6 is 0 Å². The predicted octanol–water partition coefficient (Wildman–Crippen LogP) is 2.02. The Morgan fingerprint density at radius 2 is 0.704 bits per heavy atom. The second-order valence-corrected chi connectivity index (χ2v) is 9.02. The molecule has 3 N–H and O–H groups in total. The number of hydrogen-bond acceptors (Lipinski definition) is 3. The van der Waals surface area contributed by atoms with E-state index < -0.39 is 0 Å². The lowest BCUT2D eigenvalue weighted by molar-refractivity contribution is -0.135. The van der Waals surface area contributed by atoms with E-state index >= 15 is 0 Å². The standard InChI is InChI=1S/C21H33N3O3/c25-19-13-7-1-4-10-16(13)22-20(26)15-9-3-6-12-18(15)24-21(27)14-8-2-5-11-17(14)23-19/h13-18H,1-12H2,(H,22,26)(H,23,25)(H,24,27)/t13-,14-,15-,16-,17-,18-/m1/s1. The van der Waals surface area contributed by atoms with E-state index in [1.54, 1.807) is 0 Å². The maximum Gasteiger partial charge on any atom is 0.225 e. The van der Waals surface area contributed by atoms with Gasteiger partial charge in [-0.3, -0.25) is 14.4 Å². The minimum absolute atomic E-state index is 0.0328. The molecule has 3 saturated carbocycles. The van der Waals surface area contributed by atoms with Gasteiger partial charge in [-0.25, -0.2) is 0 Å². The van der Waals surface area contributed by atoms with E-state index in [-0.39, 0.29) is 53.6 Å². The molecule has 4 fully saturated rings. The van der Waals surface area contributed by atoms with Crippen LogP contribution in [0.25, 0.3) is 0 Å². The lowest BCUT2D eigenvalue weighted by atomic mass is 9.78. The third-order valence-electron chi connectivity index (χ3n) is 7.29. The molecule has 4 aliphatic rings. The third-order valence-corrected chi connectivity index (χ3v) is 7.29. The SMILES string of the molecule is O=C1N[C@@H]2CCCC[C@H]2C(=O)N[C@@H]2CCCC[C@H]2C(=O)N[C@@H]2CCCC[C@@H]12. The summed E-state index contributed by atoms with van der Waals surface area (Å²) in [6.45, 7) is 0. The summed E-state index contributed by atoms with van der Waals surface area (Å²) < 4.78 is 0. The van der Waals surface area contributed by atoms with Crippen LogP contribution in [0.4, 0.5) is 0 Å². The van der Waals surface area contributed by atoms with Crippen LogP contribution in [0.5, 0.6) is 0 Å². The van der Waals surface area contributed by atoms with Crippen molar-refractivity contribution in [1.29, 1.82) is 0 Å². The summed E-state index contributed by atoms with van der Waals surface area (Å²) in [7, 11) is 0. The summed E-state index contributed by atoms with van der Waals surface area (Å²) in [6, 6.07) is -0.192. The average molecular weight is 376 g/mol. The van der Waals surface area contributed by atoms with Gasteiger partial charge in [-0.05, 0) is 38.5 Å². The highest BCUT2D eigenvalue weighted by molar-refractivity contribution is 5.86. The Kier molecular flexibility index (Phi) is 5.69. The number of fused-ring (bicyclic) bond motifs is 3. The molecule has 6 nitrogen and oxygen atoms in total. The lowest BCUT2D eigenvalue weighted by Gasteiger charge is -2.40. The number of amides is 3. The fourth-order valence-corrected chi connectivity index (χ4v) is 5.72. The second-order valence-electron chi connectivity index (χ2n) is 9.02. The number of carbonyl (C=O) groups excluding carboxylic acids is 3. The first-order valence-electron chi connectivity index (χ1n) is 11.0. The van der Waals surface area contributed by atoms with Crippen LogP contribution in [0.15, 0.2) is 0 Å². The highest BCUT2D eigenvalue weighted by atomic mass is 16.2. The number of rotatable bonds is 0. The lowest BCUT2D eigenvalue weighted by Crippen LogP contribution is -2.59. The van der Waals surface area contributed by atoms with Gasteiger partial charge in [0.05, 0.1) is 17.8 Å². The van der Waals surface area contributed by atoms with E-state index in [0.717, 1.165) is 77.0 Å². The molecular formula is C21H33N3O3. The van der Waals surface area contributed by atoms with Crippen LogP contribution in [-0.4, -0.2) is 35.8 Å². The van der Waals surface area contributed by atoms with Crippen LogP contribution in [0, 0.1) is 17.8 Å². The van der Waals surface area contributed by atoms with Crippen molar-refractivity contribution in [3.05, 3.63) is 0 Å². The van der Waals surface area contributed by atoms with E-state index in [2.05, 4.69) is 16.0 Å². The van der Waals surface area contributed by atoms with Gasteiger partial charge in [0.15, 0.2) is 0 Å². The molecule has 6 heteroatoms. The van der Waals surface area contributed by atoms with Crippen LogP contribution < -0.4 is 16.0 Å². The summed E-state index contributed by atoms with van der Waals surface area (Å²) in [5, 5.41) is 9.61. The molecule has 1 saturated heterocycles. The summed E-state index contributed by atoms with van der Waals surface area (Å²) >= 11 is 0. The Hall–Kier alpha value is -1.59. The van der Waals surface area contributed by atoms with Gasteiger partial charge in [0.2, 0.25) is 17.7 Å². The zero-order valence-corrected chi connectivity index (χ0v) is 16.2. The Bertz CT molecular complexity index is 512. The van der Waals surface area contributed by atoms with Crippen LogP contribution in [-0.2, 0) is 14.4 Å². The average Bonchev–Trinajstić information content (AvgIpc) is 2.68. The third kappa shape index (κ3) is 3.99. The van der Waals surface area contributed by atoms with Crippen molar-refractivity contribution in [2.75, 3.05) is 0 Å². The van der Waals surface area contributed by atoms with E-state index in [1.807, 2.05) is 0 Å². The second kappa shape index (κ2) is 8.19. The van der Waals surface area contributed by atoms with Crippen molar-refractivity contribution in [3.63, 3.8) is 0 Å². The molecular weight excluding hydrogens is 342 g/mol. The van der Waals surface area contributed by atoms with Gasteiger partial charge in [-0.15, -0.1) is 0 Å². The first-order valence-corrected chi connectivity index (χ1v) is 11.0. The van der Waals surface area contributed by atoms with Gasteiger partial charge in [0.25, 0.3) is 0 Å². The fraction of sp³-hybridized carbons (Fsp3) is 0.857. The van der Waals surface area contributed by atoms with Crippen LogP contribution in [0.1, 0.15) is 77.0 Å². The molecule has 3 amide bonds. The minimum atomic E-state index is -0.158. The highest BCUT2D eigenvalue weighted by Crippen LogP contribution is 2.31. The van der Waals surface area contributed by atoms with Crippen molar-refractivity contribution in [3.8, 4) is 0 Å². The molecule has 1 aliphatic heterocycles. The molecule has 0 aromatic rings. The molecule has 3 aliphatic carbocycles. The quantitative estimate of drug-likeness (QED) is 0.605. The molecule has 0 bridgehead atoms. The molecule has 0 radical (unpaired) electrons.